The Balaban J connectivity index is 2.27. The molecule has 1 unspecified atom stereocenters. The molecule has 0 saturated carbocycles. The molecule has 0 spiro atoms. The van der Waals surface area contributed by atoms with Gasteiger partial charge in [0.15, 0.2) is 5.76 Å². The second-order valence-corrected chi connectivity index (χ2v) is 4.40. The first-order valence-corrected chi connectivity index (χ1v) is 5.80. The number of benzene rings is 1. The molecule has 1 N–H and O–H groups in total. The van der Waals surface area contributed by atoms with E-state index in [0.29, 0.717) is 12.0 Å². The highest BCUT2D eigenvalue weighted by Crippen LogP contribution is 2.19. The van der Waals surface area contributed by atoms with Crippen LogP contribution in [-0.4, -0.2) is 11.4 Å². The highest BCUT2D eigenvalue weighted by Gasteiger charge is 2.25. The van der Waals surface area contributed by atoms with Gasteiger partial charge >= 0.3 is 0 Å². The first-order valence-electron chi connectivity index (χ1n) is 5.80. The average molecular weight is 242 g/mol. The summed E-state index contributed by atoms with van der Waals surface area (Å²) in [7, 11) is 0. The highest BCUT2D eigenvalue weighted by atomic mass is 16.3. The van der Waals surface area contributed by atoms with E-state index in [2.05, 4.69) is 11.4 Å². The smallest absolute Gasteiger partial charge is 0.288 e. The molecular weight excluding hydrogens is 228 g/mol. The number of nitriles is 1. The first-order chi connectivity index (χ1) is 8.58. The number of para-hydroxylation sites is 1. The molecule has 0 aliphatic carbocycles. The summed E-state index contributed by atoms with van der Waals surface area (Å²) in [6, 6.07) is 11.2. The Morgan fingerprint density at radius 3 is 2.83 bits per heavy atom. The Kier molecular flexibility index (Phi) is 3.07. The molecule has 1 aromatic heterocycles. The molecule has 0 radical (unpaired) electrons. The molecule has 4 nitrogen and oxygen atoms in total. The number of fused-ring (bicyclic) bond motifs is 1. The van der Waals surface area contributed by atoms with Crippen molar-refractivity contribution < 1.29 is 9.21 Å². The number of hydrogen-bond donors (Lipinski definition) is 1. The van der Waals surface area contributed by atoms with Gasteiger partial charge in [0.05, 0.1) is 6.07 Å². The largest absolute Gasteiger partial charge is 0.451 e. The highest BCUT2D eigenvalue weighted by molar-refractivity contribution is 5.96. The molecule has 0 fully saturated rings. The van der Waals surface area contributed by atoms with E-state index in [9.17, 15) is 4.79 Å². The van der Waals surface area contributed by atoms with Crippen LogP contribution < -0.4 is 5.32 Å². The Morgan fingerprint density at radius 1 is 1.50 bits per heavy atom. The summed E-state index contributed by atoms with van der Waals surface area (Å²) in [5.74, 6) is -0.136. The molecule has 1 atom stereocenters. The normalized spacial score (nSPS) is 13.8. The van der Waals surface area contributed by atoms with Crippen LogP contribution in [0.4, 0.5) is 0 Å². The molecule has 1 aromatic carbocycles. The summed E-state index contributed by atoms with van der Waals surface area (Å²) in [4.78, 5) is 12.0. The van der Waals surface area contributed by atoms with Crippen molar-refractivity contribution >= 4 is 16.9 Å². The minimum atomic E-state index is -0.865. The number of nitrogens with one attached hydrogen (secondary N) is 1. The maximum absolute atomic E-state index is 12.0. The van der Waals surface area contributed by atoms with Crippen molar-refractivity contribution in [2.24, 2.45) is 0 Å². The van der Waals surface area contributed by atoms with E-state index in [-0.39, 0.29) is 11.7 Å². The van der Waals surface area contributed by atoms with Crippen LogP contribution in [0.25, 0.3) is 11.0 Å². The van der Waals surface area contributed by atoms with Gasteiger partial charge in [0.1, 0.15) is 11.1 Å². The zero-order valence-electron chi connectivity index (χ0n) is 10.4. The topological polar surface area (TPSA) is 66.0 Å². The summed E-state index contributed by atoms with van der Waals surface area (Å²) in [5.41, 5.74) is -0.200. The third-order valence-corrected chi connectivity index (χ3v) is 2.99. The predicted molar refractivity (Wildman–Crippen MR) is 68.0 cm³/mol. The van der Waals surface area contributed by atoms with Gasteiger partial charge in [-0.3, -0.25) is 4.79 Å². The summed E-state index contributed by atoms with van der Waals surface area (Å²) in [6.45, 7) is 3.54. The SMILES string of the molecule is CCC(C)(C#N)NC(=O)c1cc2ccccc2o1. The van der Waals surface area contributed by atoms with Crippen molar-refractivity contribution in [2.45, 2.75) is 25.8 Å². The number of carbonyl (C=O) groups is 1. The van der Waals surface area contributed by atoms with Gasteiger partial charge in [-0.2, -0.15) is 5.26 Å². The molecule has 1 amide bonds. The van der Waals surface area contributed by atoms with Crippen LogP contribution in [0.5, 0.6) is 0 Å². The second-order valence-electron chi connectivity index (χ2n) is 4.40. The van der Waals surface area contributed by atoms with Crippen LogP contribution >= 0.6 is 0 Å². The Labute approximate surface area is 105 Å². The maximum Gasteiger partial charge on any atom is 0.288 e. The minimum Gasteiger partial charge on any atom is -0.451 e. The van der Waals surface area contributed by atoms with Crippen LogP contribution in [0.3, 0.4) is 0 Å². The Bertz CT molecular complexity index is 591. The summed E-state index contributed by atoms with van der Waals surface area (Å²) < 4.78 is 5.44. The number of amides is 1. The second kappa shape index (κ2) is 4.53. The Morgan fingerprint density at radius 2 is 2.22 bits per heavy atom. The van der Waals surface area contributed by atoms with Gasteiger partial charge < -0.3 is 9.73 Å². The van der Waals surface area contributed by atoms with Crippen molar-refractivity contribution in [3.63, 3.8) is 0 Å². The quantitative estimate of drug-likeness (QED) is 0.899. The number of furan rings is 1. The van der Waals surface area contributed by atoms with Crippen molar-refractivity contribution in [3.8, 4) is 6.07 Å². The molecule has 18 heavy (non-hydrogen) atoms. The van der Waals surface area contributed by atoms with Crippen LogP contribution in [0.2, 0.25) is 0 Å². The van der Waals surface area contributed by atoms with Crippen molar-refractivity contribution in [1.82, 2.24) is 5.32 Å². The van der Waals surface area contributed by atoms with Crippen LogP contribution in [-0.2, 0) is 0 Å². The lowest BCUT2D eigenvalue weighted by molar-refractivity contribution is 0.0897. The molecule has 2 rings (SSSR count). The molecule has 92 valence electrons. The zero-order valence-corrected chi connectivity index (χ0v) is 10.4. The van der Waals surface area contributed by atoms with Crippen LogP contribution in [0.1, 0.15) is 30.8 Å². The third kappa shape index (κ3) is 2.21. The Hall–Kier alpha value is -2.28. The van der Waals surface area contributed by atoms with E-state index in [1.165, 1.54) is 0 Å². The number of carbonyl (C=O) groups excluding carboxylic acids is 1. The average Bonchev–Trinajstić information content (AvgIpc) is 2.82. The molecule has 4 heteroatoms. The van der Waals surface area contributed by atoms with Gasteiger partial charge in [-0.15, -0.1) is 0 Å². The summed E-state index contributed by atoms with van der Waals surface area (Å²) in [6.07, 6.45) is 0.537. The fourth-order valence-electron chi connectivity index (χ4n) is 1.60. The van der Waals surface area contributed by atoms with E-state index in [1.54, 1.807) is 19.1 Å². The fraction of sp³-hybridized carbons (Fsp3) is 0.286. The lowest BCUT2D eigenvalue weighted by atomic mass is 10.0. The maximum atomic E-state index is 12.0. The van der Waals surface area contributed by atoms with E-state index in [0.717, 1.165) is 5.39 Å². The van der Waals surface area contributed by atoms with Gasteiger partial charge in [-0.05, 0) is 25.5 Å². The number of rotatable bonds is 3. The molecule has 0 bridgehead atoms. The number of nitrogens with zero attached hydrogens (tertiary/aromatic N) is 1. The van der Waals surface area contributed by atoms with Crippen molar-refractivity contribution in [3.05, 3.63) is 36.1 Å². The van der Waals surface area contributed by atoms with Gasteiger partial charge in [-0.25, -0.2) is 0 Å². The zero-order chi connectivity index (χ0) is 13.2. The van der Waals surface area contributed by atoms with E-state index in [4.69, 9.17) is 9.68 Å². The van der Waals surface area contributed by atoms with Crippen LogP contribution in [0.15, 0.2) is 34.7 Å². The molecule has 0 aliphatic rings. The van der Waals surface area contributed by atoms with Gasteiger partial charge in [-0.1, -0.05) is 25.1 Å². The van der Waals surface area contributed by atoms with Crippen molar-refractivity contribution in [2.75, 3.05) is 0 Å². The third-order valence-electron chi connectivity index (χ3n) is 2.99. The minimum absolute atomic E-state index is 0.228. The number of hydrogen-bond acceptors (Lipinski definition) is 3. The lowest BCUT2D eigenvalue weighted by Gasteiger charge is -2.20. The van der Waals surface area contributed by atoms with Crippen molar-refractivity contribution in [1.29, 1.82) is 5.26 Å². The van der Waals surface area contributed by atoms with E-state index < -0.39 is 5.54 Å². The summed E-state index contributed by atoms with van der Waals surface area (Å²) >= 11 is 0. The van der Waals surface area contributed by atoms with E-state index >= 15 is 0 Å². The standard InChI is InChI=1S/C14H14N2O2/c1-3-14(2,9-15)16-13(17)12-8-10-6-4-5-7-11(10)18-12/h4-8H,3H2,1-2H3,(H,16,17). The molecule has 0 saturated heterocycles. The molecule has 1 heterocycles. The molecule has 0 aliphatic heterocycles. The van der Waals surface area contributed by atoms with Gasteiger partial charge in [0.25, 0.3) is 5.91 Å². The fourth-order valence-corrected chi connectivity index (χ4v) is 1.60. The lowest BCUT2D eigenvalue weighted by Crippen LogP contribution is -2.44. The van der Waals surface area contributed by atoms with Gasteiger partial charge in [0.2, 0.25) is 0 Å². The first kappa shape index (κ1) is 12.2. The molecular formula is C14H14N2O2. The summed E-state index contributed by atoms with van der Waals surface area (Å²) in [5, 5.41) is 12.6. The molecule has 2 aromatic rings. The monoisotopic (exact) mass is 242 g/mol. The predicted octanol–water partition coefficient (Wildman–Crippen LogP) is 2.85. The van der Waals surface area contributed by atoms with Gasteiger partial charge in [0, 0.05) is 5.39 Å². The van der Waals surface area contributed by atoms with Crippen LogP contribution in [0, 0.1) is 11.3 Å². The van der Waals surface area contributed by atoms with E-state index in [1.807, 2.05) is 25.1 Å².